The molecule has 0 radical (unpaired) electrons. The summed E-state index contributed by atoms with van der Waals surface area (Å²) in [7, 11) is 0. The molecule has 0 saturated heterocycles. The highest BCUT2D eigenvalue weighted by Gasteiger charge is 2.39. The largest absolute Gasteiger partial charge is 0.427 e. The SMILES string of the molecule is CC(=O)Oc1ccc(C2Nc3c(C(=O)c4ccccc4)cc(Cl)cc3C3C=CCC32)cc1. The summed E-state index contributed by atoms with van der Waals surface area (Å²) < 4.78 is 5.18. The quantitative estimate of drug-likeness (QED) is 0.222. The van der Waals surface area contributed by atoms with Crippen LogP contribution in [0.15, 0.2) is 78.9 Å². The van der Waals surface area contributed by atoms with E-state index in [2.05, 4.69) is 17.5 Å². The number of rotatable bonds is 4. The zero-order chi connectivity index (χ0) is 22.2. The van der Waals surface area contributed by atoms with Crippen molar-refractivity contribution >= 4 is 29.0 Å². The molecule has 4 nitrogen and oxygen atoms in total. The van der Waals surface area contributed by atoms with Crippen molar-refractivity contribution in [3.8, 4) is 5.75 Å². The lowest BCUT2D eigenvalue weighted by molar-refractivity contribution is -0.131. The molecule has 0 bridgehead atoms. The van der Waals surface area contributed by atoms with Crippen LogP contribution in [-0.4, -0.2) is 11.8 Å². The Morgan fingerprint density at radius 3 is 2.50 bits per heavy atom. The zero-order valence-corrected chi connectivity index (χ0v) is 18.3. The standard InChI is InChI=1S/C27H22ClNO3/c1-16(30)32-20-12-10-17(11-13-20)25-22-9-5-8-21(22)23-14-19(28)15-24(26(23)29-25)27(31)18-6-3-2-4-7-18/h2-8,10-15,21-22,25,29H,9H2,1H3. The molecule has 2 aliphatic rings. The van der Waals surface area contributed by atoms with Crippen molar-refractivity contribution in [2.75, 3.05) is 5.32 Å². The lowest BCUT2D eigenvalue weighted by Crippen LogP contribution is -2.30. The first-order valence-electron chi connectivity index (χ1n) is 10.7. The van der Waals surface area contributed by atoms with E-state index in [1.165, 1.54) is 6.92 Å². The molecule has 160 valence electrons. The Morgan fingerprint density at radius 2 is 1.78 bits per heavy atom. The molecule has 1 heterocycles. The van der Waals surface area contributed by atoms with E-state index in [4.69, 9.17) is 16.3 Å². The van der Waals surface area contributed by atoms with E-state index in [-0.39, 0.29) is 23.7 Å². The number of ketones is 1. The summed E-state index contributed by atoms with van der Waals surface area (Å²) in [5.41, 5.74) is 4.19. The average molecular weight is 444 g/mol. The number of carbonyl (C=O) groups is 2. The van der Waals surface area contributed by atoms with Gasteiger partial charge in [-0.3, -0.25) is 9.59 Å². The van der Waals surface area contributed by atoms with Gasteiger partial charge in [0.1, 0.15) is 5.75 Å². The van der Waals surface area contributed by atoms with E-state index < -0.39 is 0 Å². The van der Waals surface area contributed by atoms with E-state index in [9.17, 15) is 9.59 Å². The van der Waals surface area contributed by atoms with Crippen LogP contribution in [0.25, 0.3) is 0 Å². The third kappa shape index (κ3) is 3.71. The molecule has 0 amide bonds. The first-order valence-corrected chi connectivity index (χ1v) is 11.0. The number of hydrogen-bond acceptors (Lipinski definition) is 4. The van der Waals surface area contributed by atoms with E-state index in [1.54, 1.807) is 6.07 Å². The van der Waals surface area contributed by atoms with Gasteiger partial charge in [0.05, 0.1) is 6.04 Å². The minimum absolute atomic E-state index is 0.0115. The molecule has 5 rings (SSSR count). The van der Waals surface area contributed by atoms with Crippen molar-refractivity contribution < 1.29 is 14.3 Å². The second-order valence-electron chi connectivity index (χ2n) is 8.25. The summed E-state index contributed by atoms with van der Waals surface area (Å²) in [5, 5.41) is 4.23. The van der Waals surface area contributed by atoms with Gasteiger partial charge in [-0.25, -0.2) is 0 Å². The molecule has 0 spiro atoms. The van der Waals surface area contributed by atoms with Gasteiger partial charge in [-0.2, -0.15) is 0 Å². The van der Waals surface area contributed by atoms with Crippen molar-refractivity contribution in [2.24, 2.45) is 5.92 Å². The maximum atomic E-state index is 13.4. The molecule has 1 aliphatic carbocycles. The highest BCUT2D eigenvalue weighted by atomic mass is 35.5. The lowest BCUT2D eigenvalue weighted by Gasteiger charge is -2.38. The third-order valence-electron chi connectivity index (χ3n) is 6.22. The van der Waals surface area contributed by atoms with Crippen LogP contribution in [-0.2, 0) is 4.79 Å². The molecule has 1 aliphatic heterocycles. The van der Waals surface area contributed by atoms with Gasteiger partial charge in [-0.05, 0) is 47.7 Å². The molecular formula is C27H22ClNO3. The summed E-state index contributed by atoms with van der Waals surface area (Å²) in [5.74, 6) is 0.598. The summed E-state index contributed by atoms with van der Waals surface area (Å²) in [6, 6.07) is 20.6. The second-order valence-corrected chi connectivity index (χ2v) is 8.69. The molecule has 1 N–H and O–H groups in total. The highest BCUT2D eigenvalue weighted by molar-refractivity contribution is 6.31. The first kappa shape index (κ1) is 20.5. The Kier molecular flexibility index (Phi) is 5.32. The minimum atomic E-state index is -0.344. The molecule has 0 aromatic heterocycles. The van der Waals surface area contributed by atoms with Crippen molar-refractivity contribution in [1.29, 1.82) is 0 Å². The second kappa shape index (κ2) is 8.29. The lowest BCUT2D eigenvalue weighted by atomic mass is 9.76. The number of ether oxygens (including phenoxy) is 1. The minimum Gasteiger partial charge on any atom is -0.427 e. The van der Waals surface area contributed by atoms with E-state index >= 15 is 0 Å². The van der Waals surface area contributed by atoms with Gasteiger partial charge in [0.25, 0.3) is 0 Å². The van der Waals surface area contributed by atoms with Crippen molar-refractivity contribution in [1.82, 2.24) is 0 Å². The van der Waals surface area contributed by atoms with Crippen LogP contribution in [0.3, 0.4) is 0 Å². The molecule has 0 saturated carbocycles. The number of hydrogen-bond donors (Lipinski definition) is 1. The maximum absolute atomic E-state index is 13.4. The number of esters is 1. The third-order valence-corrected chi connectivity index (χ3v) is 6.43. The number of fused-ring (bicyclic) bond motifs is 3. The molecule has 3 atom stereocenters. The van der Waals surface area contributed by atoms with Crippen LogP contribution >= 0.6 is 11.6 Å². The van der Waals surface area contributed by atoms with Gasteiger partial charge in [0.2, 0.25) is 0 Å². The number of nitrogens with one attached hydrogen (secondary N) is 1. The van der Waals surface area contributed by atoms with Gasteiger partial charge >= 0.3 is 5.97 Å². The van der Waals surface area contributed by atoms with E-state index in [0.717, 1.165) is 23.2 Å². The number of allylic oxidation sites excluding steroid dienone is 2. The fourth-order valence-electron chi connectivity index (χ4n) is 4.83. The zero-order valence-electron chi connectivity index (χ0n) is 17.5. The summed E-state index contributed by atoms with van der Waals surface area (Å²) in [4.78, 5) is 24.6. The smallest absolute Gasteiger partial charge is 0.308 e. The van der Waals surface area contributed by atoms with Crippen LogP contribution in [0, 0.1) is 5.92 Å². The Labute approximate surface area is 191 Å². The van der Waals surface area contributed by atoms with Gasteiger partial charge in [-0.1, -0.05) is 66.2 Å². The summed E-state index contributed by atoms with van der Waals surface area (Å²) >= 11 is 6.47. The van der Waals surface area contributed by atoms with Crippen molar-refractivity contribution in [2.45, 2.75) is 25.3 Å². The predicted octanol–water partition coefficient (Wildman–Crippen LogP) is 6.32. The summed E-state index contributed by atoms with van der Waals surface area (Å²) in [6.45, 7) is 1.39. The average Bonchev–Trinajstić information content (AvgIpc) is 3.29. The highest BCUT2D eigenvalue weighted by Crippen LogP contribution is 2.51. The Hall–Kier alpha value is -3.37. The summed E-state index contributed by atoms with van der Waals surface area (Å²) in [6.07, 6.45) is 5.35. The fourth-order valence-corrected chi connectivity index (χ4v) is 5.05. The predicted molar refractivity (Wildman–Crippen MR) is 125 cm³/mol. The van der Waals surface area contributed by atoms with Gasteiger partial charge in [-0.15, -0.1) is 0 Å². The molecule has 3 aromatic rings. The molecule has 3 unspecified atom stereocenters. The molecule has 0 fully saturated rings. The number of halogens is 1. The molecular weight excluding hydrogens is 422 g/mol. The van der Waals surface area contributed by atoms with E-state index in [0.29, 0.717) is 27.8 Å². The van der Waals surface area contributed by atoms with Crippen molar-refractivity contribution in [3.63, 3.8) is 0 Å². The maximum Gasteiger partial charge on any atom is 0.308 e. The monoisotopic (exact) mass is 443 g/mol. The van der Waals surface area contributed by atoms with Gasteiger partial charge in [0.15, 0.2) is 5.78 Å². The number of anilines is 1. The van der Waals surface area contributed by atoms with Crippen molar-refractivity contribution in [3.05, 3.63) is 106 Å². The van der Waals surface area contributed by atoms with Crippen LogP contribution in [0.5, 0.6) is 5.75 Å². The molecule has 3 aromatic carbocycles. The number of benzene rings is 3. The van der Waals surface area contributed by atoms with E-state index in [1.807, 2.05) is 60.7 Å². The molecule has 32 heavy (non-hydrogen) atoms. The van der Waals surface area contributed by atoms with Crippen LogP contribution < -0.4 is 10.1 Å². The molecule has 5 heteroatoms. The Balaban J connectivity index is 1.57. The topological polar surface area (TPSA) is 55.4 Å². The van der Waals surface area contributed by atoms with Gasteiger partial charge in [0, 0.05) is 34.7 Å². The first-order chi connectivity index (χ1) is 15.5. The van der Waals surface area contributed by atoms with Crippen LogP contribution in [0.1, 0.15) is 52.4 Å². The van der Waals surface area contributed by atoms with Crippen LogP contribution in [0.4, 0.5) is 5.69 Å². The van der Waals surface area contributed by atoms with Gasteiger partial charge < -0.3 is 10.1 Å². The fraction of sp³-hybridized carbons (Fsp3) is 0.185. The normalized spacial score (nSPS) is 20.8. The number of carbonyl (C=O) groups excluding carboxylic acids is 2. The van der Waals surface area contributed by atoms with Crippen LogP contribution in [0.2, 0.25) is 5.02 Å². The Bertz CT molecular complexity index is 1220. The Morgan fingerprint density at radius 1 is 1.03 bits per heavy atom.